The molecule has 244 valence electrons. The normalized spacial score (nSPS) is 13.1. The maximum atomic E-state index is 14.2. The van der Waals surface area contributed by atoms with E-state index >= 15 is 0 Å². The summed E-state index contributed by atoms with van der Waals surface area (Å²) in [7, 11) is -3.07. The molecule has 0 bridgehead atoms. The molecule has 2 amide bonds. The molecule has 13 heteroatoms. The lowest BCUT2D eigenvalue weighted by Crippen LogP contribution is -2.53. The summed E-state index contributed by atoms with van der Waals surface area (Å²) < 4.78 is 75.3. The van der Waals surface area contributed by atoms with Gasteiger partial charge in [-0.05, 0) is 74.7 Å². The Labute approximate surface area is 267 Å². The summed E-state index contributed by atoms with van der Waals surface area (Å²) in [4.78, 5) is 28.6. The Hall–Kier alpha value is -3.77. The molecule has 0 heterocycles. The van der Waals surface area contributed by atoms with E-state index in [0.717, 1.165) is 17.7 Å². The molecule has 3 aromatic rings. The van der Waals surface area contributed by atoms with Gasteiger partial charge in [0.2, 0.25) is 11.8 Å². The molecule has 3 rings (SSSR count). The third-order valence-electron chi connectivity index (χ3n) is 7.33. The number of nitrogens with one attached hydrogen (secondary N) is 1. The number of carbonyl (C=O) groups excluding carboxylic acids is 2. The highest BCUT2D eigenvalue weighted by atomic mass is 35.5. The summed E-state index contributed by atoms with van der Waals surface area (Å²) in [6, 6.07) is 13.9. The number of benzene rings is 3. The topological polar surface area (TPSA) is 96.0 Å². The van der Waals surface area contributed by atoms with Gasteiger partial charge in [0.05, 0.1) is 28.3 Å². The van der Waals surface area contributed by atoms with Crippen LogP contribution in [0.25, 0.3) is 0 Å². The van der Waals surface area contributed by atoms with Crippen LogP contribution in [0.15, 0.2) is 71.6 Å². The minimum absolute atomic E-state index is 0.0813. The van der Waals surface area contributed by atoms with Crippen molar-refractivity contribution in [3.05, 3.63) is 88.4 Å². The van der Waals surface area contributed by atoms with Crippen LogP contribution < -0.4 is 14.4 Å². The number of aryl methyl sites for hydroxylation is 1. The van der Waals surface area contributed by atoms with Crippen molar-refractivity contribution in [3.63, 3.8) is 0 Å². The molecule has 0 aliphatic heterocycles. The Morgan fingerprint density at radius 2 is 1.60 bits per heavy atom. The van der Waals surface area contributed by atoms with E-state index in [9.17, 15) is 31.2 Å². The number of methoxy groups -OCH3 is 1. The lowest BCUT2D eigenvalue weighted by Gasteiger charge is -2.34. The first-order chi connectivity index (χ1) is 21.1. The van der Waals surface area contributed by atoms with Crippen molar-refractivity contribution in [2.24, 2.45) is 0 Å². The number of sulfonamides is 1. The molecule has 0 spiro atoms. The molecule has 45 heavy (non-hydrogen) atoms. The standard InChI is InChI=1S/C32H37ClF3N3O5S/c1-6-22(4)37-31(41)29(7-2)38(19-23-10-13-25(44-5)14-11-23)30(40)20-39(45(42,43)26-15-8-21(3)9-16-26)24-12-17-28(33)27(18-24)32(34,35)36/h8-18,22,29H,6-7,19-20H2,1-5H3,(H,37,41)/t22-,29+/m0/s1. The minimum atomic E-state index is -4.89. The number of alkyl halides is 3. The number of hydrogen-bond donors (Lipinski definition) is 1. The van der Waals surface area contributed by atoms with E-state index in [4.69, 9.17) is 16.3 Å². The molecular formula is C32H37ClF3N3O5S. The average Bonchev–Trinajstić information content (AvgIpc) is 2.99. The van der Waals surface area contributed by atoms with E-state index in [1.807, 2.05) is 13.8 Å². The van der Waals surface area contributed by atoms with Crippen LogP contribution in [0.5, 0.6) is 5.75 Å². The van der Waals surface area contributed by atoms with Crippen molar-refractivity contribution in [3.8, 4) is 5.75 Å². The summed E-state index contributed by atoms with van der Waals surface area (Å²) >= 11 is 5.83. The van der Waals surface area contributed by atoms with Gasteiger partial charge >= 0.3 is 6.18 Å². The first-order valence-electron chi connectivity index (χ1n) is 14.3. The van der Waals surface area contributed by atoms with Gasteiger partial charge in [-0.3, -0.25) is 13.9 Å². The quantitative estimate of drug-likeness (QED) is 0.222. The number of hydrogen-bond acceptors (Lipinski definition) is 5. The number of nitrogens with zero attached hydrogens (tertiary/aromatic N) is 2. The number of anilines is 1. The average molecular weight is 668 g/mol. The minimum Gasteiger partial charge on any atom is -0.497 e. The van der Waals surface area contributed by atoms with Crippen LogP contribution in [0.1, 0.15) is 50.3 Å². The molecule has 0 fully saturated rings. The fourth-order valence-corrected chi connectivity index (χ4v) is 6.17. The van der Waals surface area contributed by atoms with Crippen molar-refractivity contribution in [2.75, 3.05) is 18.0 Å². The van der Waals surface area contributed by atoms with E-state index in [-0.39, 0.29) is 23.9 Å². The van der Waals surface area contributed by atoms with Gasteiger partial charge in [-0.15, -0.1) is 0 Å². The molecule has 2 atom stereocenters. The summed E-state index contributed by atoms with van der Waals surface area (Å²) in [6.45, 7) is 6.19. The van der Waals surface area contributed by atoms with Gasteiger partial charge in [-0.1, -0.05) is 55.3 Å². The highest BCUT2D eigenvalue weighted by Gasteiger charge is 2.37. The third kappa shape index (κ3) is 8.91. The van der Waals surface area contributed by atoms with Crippen molar-refractivity contribution in [1.29, 1.82) is 0 Å². The largest absolute Gasteiger partial charge is 0.497 e. The Morgan fingerprint density at radius 3 is 2.13 bits per heavy atom. The molecule has 8 nitrogen and oxygen atoms in total. The second-order valence-corrected chi connectivity index (χ2v) is 12.9. The molecule has 0 unspecified atom stereocenters. The summed E-state index contributed by atoms with van der Waals surface area (Å²) in [5.41, 5.74) is -0.293. The van der Waals surface area contributed by atoms with Gasteiger partial charge in [-0.25, -0.2) is 8.42 Å². The number of amides is 2. The van der Waals surface area contributed by atoms with Crippen LogP contribution in [0.3, 0.4) is 0 Å². The van der Waals surface area contributed by atoms with Crippen LogP contribution in [0, 0.1) is 6.92 Å². The molecule has 0 aromatic heterocycles. The van der Waals surface area contributed by atoms with E-state index in [1.54, 1.807) is 38.1 Å². The van der Waals surface area contributed by atoms with Crippen LogP contribution >= 0.6 is 11.6 Å². The van der Waals surface area contributed by atoms with Gasteiger partial charge in [0.15, 0.2) is 0 Å². The van der Waals surface area contributed by atoms with Gasteiger partial charge in [0.25, 0.3) is 10.0 Å². The van der Waals surface area contributed by atoms with Gasteiger partial charge in [-0.2, -0.15) is 13.2 Å². The molecule has 1 N–H and O–H groups in total. The van der Waals surface area contributed by atoms with Gasteiger partial charge < -0.3 is 15.0 Å². The third-order valence-corrected chi connectivity index (χ3v) is 9.45. The van der Waals surface area contributed by atoms with Crippen LogP contribution in [-0.4, -0.2) is 50.9 Å². The van der Waals surface area contributed by atoms with Crippen LogP contribution in [0.4, 0.5) is 18.9 Å². The number of rotatable bonds is 13. The highest BCUT2D eigenvalue weighted by Crippen LogP contribution is 2.38. The summed E-state index contributed by atoms with van der Waals surface area (Å²) in [6.07, 6.45) is -4.07. The zero-order valence-electron chi connectivity index (χ0n) is 25.7. The molecule has 0 saturated heterocycles. The summed E-state index contributed by atoms with van der Waals surface area (Å²) in [5, 5.41) is 2.25. The SMILES string of the molecule is CC[C@H](C(=O)N[C@@H](C)CC)N(Cc1ccc(OC)cc1)C(=O)CN(c1ccc(Cl)c(C(F)(F)F)c1)S(=O)(=O)c1ccc(C)cc1. The second-order valence-electron chi connectivity index (χ2n) is 10.6. The summed E-state index contributed by atoms with van der Waals surface area (Å²) in [5.74, 6) is -0.666. The van der Waals surface area contributed by atoms with E-state index in [1.165, 1.54) is 36.3 Å². The van der Waals surface area contributed by atoms with E-state index < -0.39 is 56.9 Å². The second kappa shape index (κ2) is 15.0. The van der Waals surface area contributed by atoms with Crippen molar-refractivity contribution in [2.45, 2.75) is 70.2 Å². The fraction of sp³-hybridized carbons (Fsp3) is 0.375. The van der Waals surface area contributed by atoms with Crippen molar-refractivity contribution >= 4 is 39.1 Å². The van der Waals surface area contributed by atoms with Gasteiger partial charge in [0, 0.05) is 12.6 Å². The maximum absolute atomic E-state index is 14.2. The van der Waals surface area contributed by atoms with Gasteiger partial charge in [0.1, 0.15) is 18.3 Å². The molecule has 0 radical (unpaired) electrons. The fourth-order valence-electron chi connectivity index (χ4n) is 4.54. The number of halogens is 4. The number of ether oxygens (including phenoxy) is 1. The first-order valence-corrected chi connectivity index (χ1v) is 16.1. The first kappa shape index (κ1) is 35.7. The molecular weight excluding hydrogens is 631 g/mol. The Morgan fingerprint density at radius 1 is 0.978 bits per heavy atom. The molecule has 0 aliphatic rings. The van der Waals surface area contributed by atoms with Crippen LogP contribution in [0.2, 0.25) is 5.02 Å². The Balaban J connectivity index is 2.14. The lowest BCUT2D eigenvalue weighted by atomic mass is 10.1. The maximum Gasteiger partial charge on any atom is 0.417 e. The van der Waals surface area contributed by atoms with Crippen molar-refractivity contribution < 1.29 is 35.9 Å². The number of carbonyl (C=O) groups is 2. The Bertz CT molecular complexity index is 1580. The van der Waals surface area contributed by atoms with E-state index in [0.29, 0.717) is 28.1 Å². The predicted molar refractivity (Wildman–Crippen MR) is 168 cm³/mol. The zero-order valence-corrected chi connectivity index (χ0v) is 27.3. The van der Waals surface area contributed by atoms with E-state index in [2.05, 4.69) is 5.32 Å². The van der Waals surface area contributed by atoms with Crippen LogP contribution in [-0.2, 0) is 32.3 Å². The monoisotopic (exact) mass is 667 g/mol. The lowest BCUT2D eigenvalue weighted by molar-refractivity contribution is -0.140. The molecule has 0 aliphatic carbocycles. The molecule has 3 aromatic carbocycles. The molecule has 0 saturated carbocycles. The highest BCUT2D eigenvalue weighted by molar-refractivity contribution is 7.92. The Kier molecular flexibility index (Phi) is 11.9. The predicted octanol–water partition coefficient (Wildman–Crippen LogP) is 6.59. The van der Waals surface area contributed by atoms with Crippen molar-refractivity contribution in [1.82, 2.24) is 10.2 Å². The smallest absolute Gasteiger partial charge is 0.417 e. The zero-order chi connectivity index (χ0) is 33.5.